The summed E-state index contributed by atoms with van der Waals surface area (Å²) in [5, 5.41) is 25.8. The van der Waals surface area contributed by atoms with Crippen molar-refractivity contribution in [3.05, 3.63) is 11.9 Å². The van der Waals surface area contributed by atoms with Crippen molar-refractivity contribution in [2.75, 3.05) is 6.61 Å². The summed E-state index contributed by atoms with van der Waals surface area (Å²) in [5.41, 5.74) is 1.09. The van der Waals surface area contributed by atoms with Gasteiger partial charge in [0, 0.05) is 6.20 Å². The molecule has 1 rings (SSSR count). The average molecular weight is 213 g/mol. The summed E-state index contributed by atoms with van der Waals surface area (Å²) in [6.45, 7) is 6.43. The zero-order valence-electron chi connectivity index (χ0n) is 9.51. The summed E-state index contributed by atoms with van der Waals surface area (Å²) in [6, 6.07) is 0. The molecule has 15 heavy (non-hydrogen) atoms. The van der Waals surface area contributed by atoms with Crippen molar-refractivity contribution in [1.29, 1.82) is 0 Å². The van der Waals surface area contributed by atoms with Crippen LogP contribution in [-0.2, 0) is 13.0 Å². The molecule has 1 unspecified atom stereocenters. The minimum atomic E-state index is -0.769. The highest BCUT2D eigenvalue weighted by Crippen LogP contribution is 2.18. The van der Waals surface area contributed by atoms with Crippen LogP contribution < -0.4 is 0 Å². The van der Waals surface area contributed by atoms with E-state index < -0.39 is 6.10 Å². The van der Waals surface area contributed by atoms with Crippen molar-refractivity contribution in [2.24, 2.45) is 5.41 Å². The van der Waals surface area contributed by atoms with Crippen molar-refractivity contribution in [2.45, 2.75) is 39.8 Å². The molecule has 1 atom stereocenters. The summed E-state index contributed by atoms with van der Waals surface area (Å²) in [5.74, 6) is 0. The van der Waals surface area contributed by atoms with Gasteiger partial charge in [-0.25, -0.2) is 4.68 Å². The Hall–Kier alpha value is -0.940. The van der Waals surface area contributed by atoms with Crippen LogP contribution in [0.15, 0.2) is 6.20 Å². The third-order valence-electron chi connectivity index (χ3n) is 1.91. The van der Waals surface area contributed by atoms with E-state index in [0.717, 1.165) is 12.1 Å². The minimum Gasteiger partial charge on any atom is -0.394 e. The third-order valence-corrected chi connectivity index (χ3v) is 1.91. The maximum atomic E-state index is 9.21. The lowest BCUT2D eigenvalue weighted by Crippen LogP contribution is -2.20. The van der Waals surface area contributed by atoms with Crippen molar-refractivity contribution in [1.82, 2.24) is 15.0 Å². The molecule has 1 aromatic rings. The Kier molecular flexibility index (Phi) is 3.82. The van der Waals surface area contributed by atoms with Crippen molar-refractivity contribution >= 4 is 0 Å². The summed E-state index contributed by atoms with van der Waals surface area (Å²) in [4.78, 5) is 0. The first kappa shape index (κ1) is 12.1. The van der Waals surface area contributed by atoms with Crippen molar-refractivity contribution in [3.63, 3.8) is 0 Å². The van der Waals surface area contributed by atoms with Crippen molar-refractivity contribution < 1.29 is 10.2 Å². The summed E-state index contributed by atoms with van der Waals surface area (Å²) in [7, 11) is 0. The van der Waals surface area contributed by atoms with Crippen molar-refractivity contribution in [3.8, 4) is 0 Å². The molecule has 86 valence electrons. The van der Waals surface area contributed by atoms with Crippen LogP contribution >= 0.6 is 0 Å². The van der Waals surface area contributed by atoms with Crippen LogP contribution in [0.1, 0.15) is 26.5 Å². The van der Waals surface area contributed by atoms with Gasteiger partial charge in [0.2, 0.25) is 0 Å². The van der Waals surface area contributed by atoms with Gasteiger partial charge in [0.15, 0.2) is 0 Å². The van der Waals surface area contributed by atoms with Gasteiger partial charge in [-0.3, -0.25) is 0 Å². The molecule has 2 N–H and O–H groups in total. The second-order valence-corrected chi connectivity index (χ2v) is 5.01. The molecule has 0 saturated carbocycles. The molecule has 0 aliphatic heterocycles. The minimum absolute atomic E-state index is 0.177. The molecule has 0 saturated heterocycles. The molecule has 0 aliphatic carbocycles. The quantitative estimate of drug-likeness (QED) is 0.750. The molecule has 0 amide bonds. The van der Waals surface area contributed by atoms with Crippen LogP contribution in [0.4, 0.5) is 0 Å². The summed E-state index contributed by atoms with van der Waals surface area (Å²) >= 11 is 0. The van der Waals surface area contributed by atoms with Crippen LogP contribution in [0.2, 0.25) is 0 Å². The Bertz CT molecular complexity index is 304. The number of aromatic nitrogens is 3. The molecule has 5 heteroatoms. The van der Waals surface area contributed by atoms with Gasteiger partial charge >= 0.3 is 0 Å². The predicted octanol–water partition coefficient (Wildman–Crippen LogP) is 0.220. The highest BCUT2D eigenvalue weighted by molar-refractivity contribution is 4.95. The number of hydrogen-bond donors (Lipinski definition) is 2. The fourth-order valence-corrected chi connectivity index (χ4v) is 1.33. The fourth-order valence-electron chi connectivity index (χ4n) is 1.33. The number of nitrogens with zero attached hydrogens (tertiary/aromatic N) is 3. The van der Waals surface area contributed by atoms with E-state index in [2.05, 4.69) is 31.1 Å². The molecule has 0 aromatic carbocycles. The molecule has 0 bridgehead atoms. The van der Waals surface area contributed by atoms with E-state index >= 15 is 0 Å². The fraction of sp³-hybridized carbons (Fsp3) is 0.800. The second kappa shape index (κ2) is 4.72. The molecule has 0 aliphatic rings. The van der Waals surface area contributed by atoms with E-state index in [9.17, 15) is 5.11 Å². The van der Waals surface area contributed by atoms with Gasteiger partial charge in [-0.15, -0.1) is 5.10 Å². The third kappa shape index (κ3) is 4.40. The predicted molar refractivity (Wildman–Crippen MR) is 56.3 cm³/mol. The molecule has 0 fully saturated rings. The largest absolute Gasteiger partial charge is 0.394 e. The maximum absolute atomic E-state index is 9.21. The van der Waals surface area contributed by atoms with Crippen LogP contribution in [0.5, 0.6) is 0 Å². The van der Waals surface area contributed by atoms with Crippen LogP contribution in [-0.4, -0.2) is 37.9 Å². The number of aliphatic hydroxyl groups is 2. The van der Waals surface area contributed by atoms with Gasteiger partial charge in [-0.1, -0.05) is 26.0 Å². The summed E-state index contributed by atoms with van der Waals surface area (Å²) < 4.78 is 1.56. The first-order chi connectivity index (χ1) is 6.90. The monoisotopic (exact) mass is 213 g/mol. The topological polar surface area (TPSA) is 71.2 Å². The average Bonchev–Trinajstić information content (AvgIpc) is 2.49. The zero-order chi connectivity index (χ0) is 11.5. The molecule has 1 heterocycles. The van der Waals surface area contributed by atoms with Gasteiger partial charge in [0.05, 0.1) is 24.9 Å². The van der Waals surface area contributed by atoms with E-state index in [1.165, 1.54) is 0 Å². The molecule has 0 radical (unpaired) electrons. The Morgan fingerprint density at radius 3 is 2.67 bits per heavy atom. The standard InChI is InChI=1S/C10H19N3O2/c1-10(2,3)4-8-5-13(12-11-8)6-9(15)7-14/h5,9,14-15H,4,6-7H2,1-3H3. The van der Waals surface area contributed by atoms with Gasteiger partial charge in [-0.2, -0.15) is 0 Å². The molecule has 1 aromatic heterocycles. The molecular weight excluding hydrogens is 194 g/mol. The molecule has 0 spiro atoms. The Balaban J connectivity index is 2.56. The Labute approximate surface area is 89.7 Å². The molecular formula is C10H19N3O2. The maximum Gasteiger partial charge on any atom is 0.0966 e. The highest BCUT2D eigenvalue weighted by Gasteiger charge is 2.14. The number of hydrogen-bond acceptors (Lipinski definition) is 4. The lowest BCUT2D eigenvalue weighted by molar-refractivity contribution is 0.0778. The smallest absolute Gasteiger partial charge is 0.0966 e. The van der Waals surface area contributed by atoms with Gasteiger partial charge in [-0.05, 0) is 11.8 Å². The van der Waals surface area contributed by atoms with Crippen LogP contribution in [0.3, 0.4) is 0 Å². The summed E-state index contributed by atoms with van der Waals surface area (Å²) in [6.07, 6.45) is 1.89. The SMILES string of the molecule is CC(C)(C)Cc1cn(CC(O)CO)nn1. The van der Waals surface area contributed by atoms with Gasteiger partial charge < -0.3 is 10.2 Å². The lowest BCUT2D eigenvalue weighted by Gasteiger charge is -2.15. The number of rotatable bonds is 4. The zero-order valence-corrected chi connectivity index (χ0v) is 9.51. The van der Waals surface area contributed by atoms with E-state index in [-0.39, 0.29) is 18.6 Å². The van der Waals surface area contributed by atoms with Crippen LogP contribution in [0, 0.1) is 5.41 Å². The Morgan fingerprint density at radius 2 is 2.13 bits per heavy atom. The van der Waals surface area contributed by atoms with E-state index in [1.807, 2.05) is 6.20 Å². The Morgan fingerprint density at radius 1 is 1.47 bits per heavy atom. The first-order valence-corrected chi connectivity index (χ1v) is 5.08. The highest BCUT2D eigenvalue weighted by atomic mass is 16.3. The first-order valence-electron chi connectivity index (χ1n) is 5.08. The van der Waals surface area contributed by atoms with E-state index in [1.54, 1.807) is 4.68 Å². The lowest BCUT2D eigenvalue weighted by atomic mass is 9.91. The normalized spacial score (nSPS) is 14.2. The van der Waals surface area contributed by atoms with E-state index in [0.29, 0.717) is 0 Å². The number of aliphatic hydroxyl groups excluding tert-OH is 2. The molecule has 5 nitrogen and oxygen atoms in total. The van der Waals surface area contributed by atoms with Gasteiger partial charge in [0.25, 0.3) is 0 Å². The second-order valence-electron chi connectivity index (χ2n) is 5.01. The van der Waals surface area contributed by atoms with Gasteiger partial charge in [0.1, 0.15) is 0 Å². The van der Waals surface area contributed by atoms with Crippen LogP contribution in [0.25, 0.3) is 0 Å². The van der Waals surface area contributed by atoms with E-state index in [4.69, 9.17) is 5.11 Å².